The predicted molar refractivity (Wildman–Crippen MR) is 124 cm³/mol. The van der Waals surface area contributed by atoms with Crippen LogP contribution in [0, 0.1) is 0 Å². The van der Waals surface area contributed by atoms with E-state index in [4.69, 9.17) is 9.84 Å². The van der Waals surface area contributed by atoms with Crippen molar-refractivity contribution in [1.82, 2.24) is 3.97 Å². The Morgan fingerprint density at radius 2 is 1.69 bits per heavy atom. The van der Waals surface area contributed by atoms with Gasteiger partial charge in [-0.25, -0.2) is 12.4 Å². The van der Waals surface area contributed by atoms with Crippen molar-refractivity contribution in [2.45, 2.75) is 24.7 Å². The molecule has 0 bridgehead atoms. The summed E-state index contributed by atoms with van der Waals surface area (Å²) in [5.74, 6) is -0.656. The molecule has 4 aromatic rings. The lowest BCUT2D eigenvalue weighted by Gasteiger charge is -2.17. The van der Waals surface area contributed by atoms with Crippen LogP contribution in [0.15, 0.2) is 83.9 Å². The number of carbonyl (C=O) groups is 1. The van der Waals surface area contributed by atoms with Gasteiger partial charge < -0.3 is 9.84 Å². The minimum absolute atomic E-state index is 0.0820. The monoisotopic (exact) mass is 449 g/mol. The van der Waals surface area contributed by atoms with Crippen LogP contribution < -0.4 is 4.74 Å². The van der Waals surface area contributed by atoms with Gasteiger partial charge in [-0.1, -0.05) is 60.7 Å². The molecule has 0 spiro atoms. The summed E-state index contributed by atoms with van der Waals surface area (Å²) in [4.78, 5) is 11.2. The van der Waals surface area contributed by atoms with Crippen molar-refractivity contribution >= 4 is 26.9 Å². The van der Waals surface area contributed by atoms with Crippen LogP contribution in [0.5, 0.6) is 5.75 Å². The SMILES string of the molecule is CCOc1cccc(-c2ccccc2)c1S(=O)(=O)n1cc(CCC(=O)O)c2ccccc21. The van der Waals surface area contributed by atoms with E-state index in [0.29, 0.717) is 28.6 Å². The molecule has 0 fully saturated rings. The molecule has 1 heterocycles. The highest BCUT2D eigenvalue weighted by Crippen LogP contribution is 2.38. The highest BCUT2D eigenvalue weighted by atomic mass is 32.2. The summed E-state index contributed by atoms with van der Waals surface area (Å²) in [6, 6.07) is 21.6. The predicted octanol–water partition coefficient (Wildman–Crippen LogP) is 4.96. The standard InChI is InChI=1S/C25H23NO5S/c1-2-31-23-14-8-12-21(18-9-4-3-5-10-18)25(23)32(29,30)26-17-19(15-16-24(27)28)20-11-6-7-13-22(20)26/h3-14,17H,2,15-16H2,1H3,(H,27,28). The number of aromatic nitrogens is 1. The van der Waals surface area contributed by atoms with E-state index in [1.165, 1.54) is 10.2 Å². The zero-order chi connectivity index (χ0) is 22.7. The van der Waals surface area contributed by atoms with E-state index in [-0.39, 0.29) is 23.5 Å². The molecule has 32 heavy (non-hydrogen) atoms. The Balaban J connectivity index is 1.97. The quantitative estimate of drug-likeness (QED) is 0.411. The molecule has 0 amide bonds. The summed E-state index contributed by atoms with van der Waals surface area (Å²) >= 11 is 0. The van der Waals surface area contributed by atoms with Crippen molar-refractivity contribution in [3.05, 3.63) is 84.6 Å². The van der Waals surface area contributed by atoms with Crippen LogP contribution in [0.3, 0.4) is 0 Å². The first-order valence-corrected chi connectivity index (χ1v) is 11.7. The van der Waals surface area contributed by atoms with E-state index >= 15 is 0 Å². The van der Waals surface area contributed by atoms with Crippen molar-refractivity contribution in [3.63, 3.8) is 0 Å². The first kappa shape index (κ1) is 21.6. The average molecular weight is 450 g/mol. The van der Waals surface area contributed by atoms with Crippen molar-refractivity contribution in [3.8, 4) is 16.9 Å². The Hall–Kier alpha value is -3.58. The van der Waals surface area contributed by atoms with Gasteiger partial charge >= 0.3 is 5.97 Å². The maximum absolute atomic E-state index is 14.1. The van der Waals surface area contributed by atoms with Gasteiger partial charge in [-0.05, 0) is 36.6 Å². The molecular weight excluding hydrogens is 426 g/mol. The Morgan fingerprint density at radius 1 is 0.969 bits per heavy atom. The topological polar surface area (TPSA) is 85.6 Å². The highest BCUT2D eigenvalue weighted by Gasteiger charge is 2.28. The summed E-state index contributed by atoms with van der Waals surface area (Å²) in [5, 5.41) is 9.82. The number of fused-ring (bicyclic) bond motifs is 1. The third-order valence-corrected chi connectivity index (χ3v) is 7.01. The Bertz CT molecular complexity index is 1370. The number of hydrogen-bond donors (Lipinski definition) is 1. The van der Waals surface area contributed by atoms with E-state index in [2.05, 4.69) is 0 Å². The molecule has 0 aliphatic carbocycles. The van der Waals surface area contributed by atoms with Crippen LogP contribution in [0.1, 0.15) is 18.9 Å². The van der Waals surface area contributed by atoms with Gasteiger partial charge in [0.05, 0.1) is 12.1 Å². The molecule has 1 N–H and O–H groups in total. The summed E-state index contributed by atoms with van der Waals surface area (Å²) in [7, 11) is -4.07. The van der Waals surface area contributed by atoms with Crippen LogP contribution in [0.2, 0.25) is 0 Å². The Morgan fingerprint density at radius 3 is 2.41 bits per heavy atom. The molecule has 0 saturated carbocycles. The fraction of sp³-hybridized carbons (Fsp3) is 0.160. The molecule has 0 radical (unpaired) electrons. The van der Waals surface area contributed by atoms with Crippen LogP contribution >= 0.6 is 0 Å². The van der Waals surface area contributed by atoms with Gasteiger partial charge in [0.2, 0.25) is 0 Å². The number of rotatable bonds is 8. The smallest absolute Gasteiger partial charge is 0.303 e. The Kier molecular flexibility index (Phi) is 6.01. The van der Waals surface area contributed by atoms with Crippen LogP contribution in [-0.2, 0) is 21.2 Å². The molecule has 164 valence electrons. The summed E-state index contributed by atoms with van der Waals surface area (Å²) < 4.78 is 35.1. The lowest BCUT2D eigenvalue weighted by molar-refractivity contribution is -0.136. The Labute approximate surface area is 186 Å². The maximum atomic E-state index is 14.1. The number of para-hydroxylation sites is 1. The first-order chi connectivity index (χ1) is 15.4. The number of aliphatic carboxylic acids is 1. The lowest BCUT2D eigenvalue weighted by atomic mass is 10.1. The van der Waals surface area contributed by atoms with E-state index in [9.17, 15) is 13.2 Å². The molecule has 0 atom stereocenters. The minimum atomic E-state index is -4.07. The number of benzene rings is 3. The third kappa shape index (κ3) is 3.99. The number of aryl methyl sites for hydroxylation is 1. The second-order valence-electron chi connectivity index (χ2n) is 7.30. The fourth-order valence-corrected chi connectivity index (χ4v) is 5.58. The molecule has 6 nitrogen and oxygen atoms in total. The second-order valence-corrected chi connectivity index (χ2v) is 9.05. The van der Waals surface area contributed by atoms with Crippen LogP contribution in [0.25, 0.3) is 22.0 Å². The number of carboxylic acids is 1. The molecular formula is C25H23NO5S. The van der Waals surface area contributed by atoms with E-state index in [0.717, 1.165) is 5.56 Å². The second kappa shape index (κ2) is 8.88. The molecule has 1 aromatic heterocycles. The van der Waals surface area contributed by atoms with Gasteiger partial charge in [-0.15, -0.1) is 0 Å². The highest BCUT2D eigenvalue weighted by molar-refractivity contribution is 7.90. The molecule has 3 aromatic carbocycles. The summed E-state index contributed by atoms with van der Waals surface area (Å²) in [5.41, 5.74) is 2.47. The fourth-order valence-electron chi connectivity index (χ4n) is 3.85. The van der Waals surface area contributed by atoms with E-state index in [1.807, 2.05) is 42.5 Å². The molecule has 0 aliphatic rings. The minimum Gasteiger partial charge on any atom is -0.492 e. The molecule has 4 rings (SSSR count). The van der Waals surface area contributed by atoms with Gasteiger partial charge in [0, 0.05) is 23.6 Å². The van der Waals surface area contributed by atoms with Gasteiger partial charge in [0.25, 0.3) is 10.0 Å². The van der Waals surface area contributed by atoms with E-state index in [1.54, 1.807) is 37.3 Å². The van der Waals surface area contributed by atoms with Crippen molar-refractivity contribution < 1.29 is 23.1 Å². The van der Waals surface area contributed by atoms with Gasteiger partial charge in [-0.3, -0.25) is 4.79 Å². The largest absolute Gasteiger partial charge is 0.492 e. The molecule has 7 heteroatoms. The maximum Gasteiger partial charge on any atom is 0.303 e. The van der Waals surface area contributed by atoms with Crippen molar-refractivity contribution in [2.24, 2.45) is 0 Å². The average Bonchev–Trinajstić information content (AvgIpc) is 3.18. The van der Waals surface area contributed by atoms with Gasteiger partial charge in [-0.2, -0.15) is 0 Å². The lowest BCUT2D eigenvalue weighted by Crippen LogP contribution is -2.15. The zero-order valence-electron chi connectivity index (χ0n) is 17.6. The van der Waals surface area contributed by atoms with Crippen molar-refractivity contribution in [2.75, 3.05) is 6.61 Å². The number of hydrogen-bond acceptors (Lipinski definition) is 4. The zero-order valence-corrected chi connectivity index (χ0v) is 18.4. The van der Waals surface area contributed by atoms with Gasteiger partial charge in [0.15, 0.2) is 0 Å². The summed E-state index contributed by atoms with van der Waals surface area (Å²) in [6.07, 6.45) is 1.68. The van der Waals surface area contributed by atoms with Crippen molar-refractivity contribution in [1.29, 1.82) is 0 Å². The van der Waals surface area contributed by atoms with E-state index < -0.39 is 16.0 Å². The number of carboxylic acid groups (broad SMARTS) is 1. The molecule has 0 unspecified atom stereocenters. The molecule has 0 saturated heterocycles. The van der Waals surface area contributed by atoms with Gasteiger partial charge in [0.1, 0.15) is 10.6 Å². The molecule has 0 aliphatic heterocycles. The van der Waals surface area contributed by atoms with Crippen LogP contribution in [-0.4, -0.2) is 30.1 Å². The summed E-state index contributed by atoms with van der Waals surface area (Å²) in [6.45, 7) is 2.12. The first-order valence-electron chi connectivity index (χ1n) is 10.3. The number of ether oxygens (including phenoxy) is 1. The number of nitrogens with zero attached hydrogens (tertiary/aromatic N) is 1. The third-order valence-electron chi connectivity index (χ3n) is 5.25. The van der Waals surface area contributed by atoms with Crippen LogP contribution in [0.4, 0.5) is 0 Å². The normalized spacial score (nSPS) is 11.5.